The predicted octanol–water partition coefficient (Wildman–Crippen LogP) is 2.78. The van der Waals surface area contributed by atoms with Crippen molar-refractivity contribution in [2.24, 2.45) is 11.8 Å². The van der Waals surface area contributed by atoms with Gasteiger partial charge >= 0.3 is 0 Å². The van der Waals surface area contributed by atoms with Crippen LogP contribution in [0.5, 0.6) is 0 Å². The fourth-order valence-electron chi connectivity index (χ4n) is 2.95. The Labute approximate surface area is 121 Å². The molecule has 3 atom stereocenters. The zero-order valence-corrected chi connectivity index (χ0v) is 12.6. The van der Waals surface area contributed by atoms with E-state index in [1.165, 1.54) is 6.42 Å². The number of carbonyl (C=O) groups is 1. The standard InChI is InChI=1S/C16H25N3O/c1-4-5-13-8-12(9-15(17)18-13)16(20)19-14-7-6-10(2)11(14)3/h8-11,14H,4-7H2,1-3H3,(H2,17,18)(H,19,20). The molecular weight excluding hydrogens is 250 g/mol. The predicted molar refractivity (Wildman–Crippen MR) is 81.5 cm³/mol. The molecule has 1 aromatic heterocycles. The summed E-state index contributed by atoms with van der Waals surface area (Å²) < 4.78 is 0. The van der Waals surface area contributed by atoms with E-state index in [2.05, 4.69) is 31.1 Å². The number of aromatic nitrogens is 1. The van der Waals surface area contributed by atoms with Crippen molar-refractivity contribution in [3.8, 4) is 0 Å². The molecule has 3 unspecified atom stereocenters. The molecule has 0 aromatic carbocycles. The number of nitrogens with two attached hydrogens (primary N) is 1. The number of hydrogen-bond acceptors (Lipinski definition) is 3. The Bertz CT molecular complexity index is 487. The van der Waals surface area contributed by atoms with Crippen molar-refractivity contribution < 1.29 is 4.79 Å². The maximum absolute atomic E-state index is 12.4. The molecule has 1 aliphatic rings. The van der Waals surface area contributed by atoms with Crippen LogP contribution in [0.4, 0.5) is 5.82 Å². The van der Waals surface area contributed by atoms with E-state index >= 15 is 0 Å². The highest BCUT2D eigenvalue weighted by molar-refractivity contribution is 5.95. The van der Waals surface area contributed by atoms with Gasteiger partial charge in [-0.15, -0.1) is 0 Å². The van der Waals surface area contributed by atoms with Crippen molar-refractivity contribution in [3.63, 3.8) is 0 Å². The zero-order chi connectivity index (χ0) is 14.7. The van der Waals surface area contributed by atoms with Gasteiger partial charge in [-0.25, -0.2) is 4.98 Å². The van der Waals surface area contributed by atoms with Crippen LogP contribution < -0.4 is 11.1 Å². The lowest BCUT2D eigenvalue weighted by Crippen LogP contribution is -2.37. The van der Waals surface area contributed by atoms with Gasteiger partial charge in [0.05, 0.1) is 0 Å². The summed E-state index contributed by atoms with van der Waals surface area (Å²) in [6, 6.07) is 3.80. The Morgan fingerprint density at radius 2 is 2.15 bits per heavy atom. The summed E-state index contributed by atoms with van der Waals surface area (Å²) >= 11 is 0. The summed E-state index contributed by atoms with van der Waals surface area (Å²) in [5, 5.41) is 3.15. The number of anilines is 1. The summed E-state index contributed by atoms with van der Waals surface area (Å²) in [6.45, 7) is 6.55. The van der Waals surface area contributed by atoms with Crippen LogP contribution in [0.25, 0.3) is 0 Å². The molecule has 4 heteroatoms. The van der Waals surface area contributed by atoms with Gasteiger partial charge in [-0.1, -0.05) is 27.2 Å². The first-order chi connectivity index (χ1) is 9.51. The normalized spacial score (nSPS) is 25.6. The lowest BCUT2D eigenvalue weighted by molar-refractivity contribution is 0.0927. The lowest BCUT2D eigenvalue weighted by Gasteiger charge is -2.20. The second-order valence-corrected chi connectivity index (χ2v) is 6.02. The molecule has 1 heterocycles. The fourth-order valence-corrected chi connectivity index (χ4v) is 2.95. The molecule has 4 nitrogen and oxygen atoms in total. The molecule has 1 saturated carbocycles. The molecule has 0 aliphatic heterocycles. The van der Waals surface area contributed by atoms with E-state index in [1.807, 2.05) is 6.07 Å². The monoisotopic (exact) mass is 275 g/mol. The average molecular weight is 275 g/mol. The van der Waals surface area contributed by atoms with Crippen molar-refractivity contribution in [2.45, 2.75) is 52.5 Å². The Balaban J connectivity index is 2.09. The van der Waals surface area contributed by atoms with Crippen LogP contribution >= 0.6 is 0 Å². The maximum atomic E-state index is 12.4. The molecule has 0 spiro atoms. The third-order valence-electron chi connectivity index (χ3n) is 4.45. The number of hydrogen-bond donors (Lipinski definition) is 2. The van der Waals surface area contributed by atoms with Gasteiger partial charge in [-0.3, -0.25) is 4.79 Å². The minimum atomic E-state index is -0.0256. The largest absolute Gasteiger partial charge is 0.384 e. The Morgan fingerprint density at radius 3 is 2.75 bits per heavy atom. The third kappa shape index (κ3) is 3.30. The van der Waals surface area contributed by atoms with Crippen LogP contribution in [0.2, 0.25) is 0 Å². The summed E-state index contributed by atoms with van der Waals surface area (Å²) in [6.07, 6.45) is 4.10. The zero-order valence-electron chi connectivity index (χ0n) is 12.6. The second kappa shape index (κ2) is 6.25. The molecule has 1 aromatic rings. The summed E-state index contributed by atoms with van der Waals surface area (Å²) in [5.41, 5.74) is 7.32. The topological polar surface area (TPSA) is 68.0 Å². The first-order valence-electron chi connectivity index (χ1n) is 7.58. The molecule has 1 amide bonds. The van der Waals surface area contributed by atoms with E-state index in [-0.39, 0.29) is 11.9 Å². The van der Waals surface area contributed by atoms with Gasteiger partial charge in [0.15, 0.2) is 0 Å². The van der Waals surface area contributed by atoms with Gasteiger partial charge in [0, 0.05) is 17.3 Å². The first kappa shape index (κ1) is 14.8. The number of nitrogens with one attached hydrogen (secondary N) is 1. The molecule has 0 saturated heterocycles. The van der Waals surface area contributed by atoms with Crippen molar-refractivity contribution in [3.05, 3.63) is 23.4 Å². The number of pyridine rings is 1. The average Bonchev–Trinajstić information content (AvgIpc) is 2.70. The smallest absolute Gasteiger partial charge is 0.251 e. The van der Waals surface area contributed by atoms with Crippen LogP contribution in [0, 0.1) is 11.8 Å². The van der Waals surface area contributed by atoms with E-state index in [0.717, 1.165) is 25.0 Å². The van der Waals surface area contributed by atoms with E-state index < -0.39 is 0 Å². The van der Waals surface area contributed by atoms with Crippen LogP contribution in [-0.4, -0.2) is 16.9 Å². The quantitative estimate of drug-likeness (QED) is 0.888. The highest BCUT2D eigenvalue weighted by Crippen LogP contribution is 2.31. The summed E-state index contributed by atoms with van der Waals surface area (Å²) in [4.78, 5) is 16.6. The van der Waals surface area contributed by atoms with E-state index in [4.69, 9.17) is 5.73 Å². The van der Waals surface area contributed by atoms with Crippen LogP contribution in [-0.2, 0) is 6.42 Å². The molecule has 110 valence electrons. The fraction of sp³-hybridized carbons (Fsp3) is 0.625. The number of nitrogen functional groups attached to an aromatic ring is 1. The maximum Gasteiger partial charge on any atom is 0.251 e. The summed E-state index contributed by atoms with van der Waals surface area (Å²) in [5.74, 6) is 1.61. The second-order valence-electron chi connectivity index (χ2n) is 6.02. The van der Waals surface area contributed by atoms with Gasteiger partial charge in [-0.2, -0.15) is 0 Å². The number of amides is 1. The Morgan fingerprint density at radius 1 is 1.40 bits per heavy atom. The van der Waals surface area contributed by atoms with Gasteiger partial charge in [0.25, 0.3) is 5.91 Å². The SMILES string of the molecule is CCCc1cc(C(=O)NC2CCC(C)C2C)cc(N)n1. The minimum Gasteiger partial charge on any atom is -0.384 e. The molecule has 2 rings (SSSR count). The van der Waals surface area contributed by atoms with Crippen molar-refractivity contribution >= 4 is 11.7 Å². The van der Waals surface area contributed by atoms with Gasteiger partial charge in [0.2, 0.25) is 0 Å². The third-order valence-corrected chi connectivity index (χ3v) is 4.45. The molecule has 20 heavy (non-hydrogen) atoms. The van der Waals surface area contributed by atoms with E-state index in [0.29, 0.717) is 23.2 Å². The van der Waals surface area contributed by atoms with Crippen molar-refractivity contribution in [2.75, 3.05) is 5.73 Å². The Kier molecular flexibility index (Phi) is 4.63. The highest BCUT2D eigenvalue weighted by Gasteiger charge is 2.30. The molecule has 0 bridgehead atoms. The van der Waals surface area contributed by atoms with E-state index in [9.17, 15) is 4.79 Å². The minimum absolute atomic E-state index is 0.0256. The van der Waals surface area contributed by atoms with Crippen LogP contribution in [0.3, 0.4) is 0 Å². The van der Waals surface area contributed by atoms with Gasteiger partial charge in [-0.05, 0) is 43.2 Å². The van der Waals surface area contributed by atoms with Crippen molar-refractivity contribution in [1.82, 2.24) is 10.3 Å². The number of carbonyl (C=O) groups excluding carboxylic acids is 1. The highest BCUT2D eigenvalue weighted by atomic mass is 16.1. The number of rotatable bonds is 4. The molecule has 0 radical (unpaired) electrons. The number of aryl methyl sites for hydroxylation is 1. The van der Waals surface area contributed by atoms with Crippen LogP contribution in [0.1, 0.15) is 56.1 Å². The molecule has 1 aliphatic carbocycles. The van der Waals surface area contributed by atoms with Gasteiger partial charge in [0.1, 0.15) is 5.82 Å². The van der Waals surface area contributed by atoms with Crippen LogP contribution in [0.15, 0.2) is 12.1 Å². The first-order valence-corrected chi connectivity index (χ1v) is 7.58. The van der Waals surface area contributed by atoms with Crippen molar-refractivity contribution in [1.29, 1.82) is 0 Å². The molecular formula is C16H25N3O. The molecule has 1 fully saturated rings. The van der Waals surface area contributed by atoms with E-state index in [1.54, 1.807) is 6.07 Å². The van der Waals surface area contributed by atoms with Gasteiger partial charge < -0.3 is 11.1 Å². The summed E-state index contributed by atoms with van der Waals surface area (Å²) in [7, 11) is 0. The number of nitrogens with zero attached hydrogens (tertiary/aromatic N) is 1. The lowest BCUT2D eigenvalue weighted by atomic mass is 9.97. The Hall–Kier alpha value is -1.58. The molecule has 3 N–H and O–H groups in total.